The molecule has 19 heavy (non-hydrogen) atoms. The molecule has 6 heteroatoms. The second kappa shape index (κ2) is 7.38. The minimum Gasteiger partial charge on any atom is -0.375 e. The molecule has 0 bridgehead atoms. The van der Waals surface area contributed by atoms with E-state index in [9.17, 15) is 0 Å². The lowest BCUT2D eigenvalue weighted by Crippen LogP contribution is -2.49. The van der Waals surface area contributed by atoms with Gasteiger partial charge in [0.05, 0.1) is 5.69 Å². The van der Waals surface area contributed by atoms with Crippen LogP contribution in [0.1, 0.15) is 36.8 Å². The number of aromatic nitrogens is 1. The molecule has 0 spiro atoms. The molecule has 2 heterocycles. The Bertz CT molecular complexity index is 409. The predicted molar refractivity (Wildman–Crippen MR) is 93.0 cm³/mol. The second-order valence-corrected chi connectivity index (χ2v) is 6.45. The Kier molecular flexibility index (Phi) is 6.76. The molecule has 2 N–H and O–H groups in total. The number of thiazole rings is 1. The van der Waals surface area contributed by atoms with E-state index in [1.165, 1.54) is 49.3 Å². The molecule has 1 aromatic rings. The largest absolute Gasteiger partial charge is 0.375 e. The molecule has 1 aliphatic heterocycles. The Balaban J connectivity index is 0.000000902. The standard InChI is InChI=1S/C13H21N3S.2BrH/c1-2-5-16-6-3-4-9-7-10-12(8-11(9)16)17-13(14)15-10;;/h9,11H,2-8H2,1H3,(H2,14,15);2*1H/t9-,11-;;/m0../s1. The number of rotatable bonds is 2. The Morgan fingerprint density at radius 2 is 2.16 bits per heavy atom. The summed E-state index contributed by atoms with van der Waals surface area (Å²) >= 11 is 1.71. The molecular weight excluding hydrogens is 390 g/mol. The topological polar surface area (TPSA) is 42.2 Å². The third-order valence-corrected chi connectivity index (χ3v) is 5.14. The first-order valence-electron chi connectivity index (χ1n) is 6.76. The van der Waals surface area contributed by atoms with Crippen LogP contribution in [0.5, 0.6) is 0 Å². The van der Waals surface area contributed by atoms with E-state index in [0.717, 1.165) is 23.5 Å². The van der Waals surface area contributed by atoms with E-state index in [1.807, 2.05) is 0 Å². The fourth-order valence-electron chi connectivity index (χ4n) is 3.47. The number of piperidine rings is 1. The number of anilines is 1. The van der Waals surface area contributed by atoms with E-state index in [-0.39, 0.29) is 34.0 Å². The lowest BCUT2D eigenvalue weighted by molar-refractivity contribution is 0.0857. The van der Waals surface area contributed by atoms with Gasteiger partial charge in [0, 0.05) is 10.9 Å². The number of nitrogens with two attached hydrogens (primary N) is 1. The van der Waals surface area contributed by atoms with Crippen molar-refractivity contribution in [3.8, 4) is 0 Å². The predicted octanol–water partition coefficient (Wildman–Crippen LogP) is 3.47. The first-order valence-corrected chi connectivity index (χ1v) is 7.57. The summed E-state index contributed by atoms with van der Waals surface area (Å²) < 4.78 is 0. The van der Waals surface area contributed by atoms with Crippen molar-refractivity contribution in [3.63, 3.8) is 0 Å². The van der Waals surface area contributed by atoms with Crippen molar-refractivity contribution in [1.29, 1.82) is 0 Å². The van der Waals surface area contributed by atoms with Crippen LogP contribution in [0.2, 0.25) is 0 Å². The minimum absolute atomic E-state index is 0. The highest BCUT2D eigenvalue weighted by atomic mass is 79.9. The maximum atomic E-state index is 5.83. The van der Waals surface area contributed by atoms with Crippen molar-refractivity contribution in [1.82, 2.24) is 9.88 Å². The first kappa shape index (κ1) is 17.4. The first-order chi connectivity index (χ1) is 8.28. The zero-order valence-electron chi connectivity index (χ0n) is 11.3. The van der Waals surface area contributed by atoms with Gasteiger partial charge in [-0.3, -0.25) is 4.90 Å². The maximum Gasteiger partial charge on any atom is 0.180 e. The van der Waals surface area contributed by atoms with Crippen molar-refractivity contribution >= 4 is 50.4 Å². The van der Waals surface area contributed by atoms with Crippen LogP contribution in [0.15, 0.2) is 0 Å². The molecule has 1 aromatic heterocycles. The highest BCUT2D eigenvalue weighted by Crippen LogP contribution is 2.37. The van der Waals surface area contributed by atoms with Gasteiger partial charge in [0.1, 0.15) is 0 Å². The summed E-state index contributed by atoms with van der Waals surface area (Å²) in [5.74, 6) is 0.823. The van der Waals surface area contributed by atoms with Crippen molar-refractivity contribution in [2.75, 3.05) is 18.8 Å². The number of nitrogens with zero attached hydrogens (tertiary/aromatic N) is 2. The average molecular weight is 413 g/mol. The Morgan fingerprint density at radius 1 is 1.37 bits per heavy atom. The molecule has 2 atom stereocenters. The molecular formula is C13H23Br2N3S. The maximum absolute atomic E-state index is 5.83. The number of halogens is 2. The van der Waals surface area contributed by atoms with Crippen molar-refractivity contribution in [2.24, 2.45) is 5.92 Å². The smallest absolute Gasteiger partial charge is 0.180 e. The second-order valence-electron chi connectivity index (χ2n) is 5.34. The normalized spacial score (nSPS) is 25.7. The lowest BCUT2D eigenvalue weighted by atomic mass is 9.79. The Morgan fingerprint density at radius 3 is 2.89 bits per heavy atom. The highest BCUT2D eigenvalue weighted by Gasteiger charge is 2.36. The van der Waals surface area contributed by atoms with Gasteiger partial charge in [-0.15, -0.1) is 45.3 Å². The molecule has 2 aliphatic rings. The lowest BCUT2D eigenvalue weighted by Gasteiger charge is -2.43. The van der Waals surface area contributed by atoms with Gasteiger partial charge >= 0.3 is 0 Å². The molecule has 0 aromatic carbocycles. The van der Waals surface area contributed by atoms with Gasteiger partial charge in [-0.05, 0) is 51.1 Å². The monoisotopic (exact) mass is 411 g/mol. The van der Waals surface area contributed by atoms with Gasteiger partial charge in [0.2, 0.25) is 0 Å². The number of hydrogen-bond acceptors (Lipinski definition) is 4. The molecule has 110 valence electrons. The molecule has 3 nitrogen and oxygen atoms in total. The van der Waals surface area contributed by atoms with E-state index in [2.05, 4.69) is 16.8 Å². The van der Waals surface area contributed by atoms with Crippen molar-refractivity contribution in [2.45, 2.75) is 45.1 Å². The van der Waals surface area contributed by atoms with E-state index in [1.54, 1.807) is 11.3 Å². The minimum atomic E-state index is 0. The van der Waals surface area contributed by atoms with Crippen LogP contribution in [-0.2, 0) is 12.8 Å². The molecule has 0 radical (unpaired) electrons. The fraction of sp³-hybridized carbons (Fsp3) is 0.769. The van der Waals surface area contributed by atoms with Gasteiger partial charge in [0.25, 0.3) is 0 Å². The summed E-state index contributed by atoms with van der Waals surface area (Å²) in [6.07, 6.45) is 6.35. The summed E-state index contributed by atoms with van der Waals surface area (Å²) in [4.78, 5) is 8.64. The summed E-state index contributed by atoms with van der Waals surface area (Å²) in [7, 11) is 0. The quantitative estimate of drug-likeness (QED) is 0.808. The summed E-state index contributed by atoms with van der Waals surface area (Å²) in [5, 5.41) is 0.760. The van der Waals surface area contributed by atoms with Crippen LogP contribution in [0, 0.1) is 5.92 Å². The molecule has 0 saturated carbocycles. The van der Waals surface area contributed by atoms with Gasteiger partial charge in [-0.2, -0.15) is 0 Å². The number of nitrogen functional groups attached to an aromatic ring is 1. The molecule has 3 rings (SSSR count). The number of hydrogen-bond donors (Lipinski definition) is 1. The molecule has 0 unspecified atom stereocenters. The summed E-state index contributed by atoms with van der Waals surface area (Å²) in [5.41, 5.74) is 7.13. The molecule has 0 amide bonds. The van der Waals surface area contributed by atoms with Crippen LogP contribution in [-0.4, -0.2) is 29.0 Å². The molecule has 1 saturated heterocycles. The van der Waals surface area contributed by atoms with Gasteiger partial charge < -0.3 is 5.73 Å². The number of fused-ring (bicyclic) bond motifs is 2. The van der Waals surface area contributed by atoms with Crippen LogP contribution in [0.3, 0.4) is 0 Å². The Hall–Kier alpha value is 0.350. The zero-order chi connectivity index (χ0) is 11.8. The van der Waals surface area contributed by atoms with Crippen LogP contribution < -0.4 is 5.73 Å². The van der Waals surface area contributed by atoms with Gasteiger partial charge in [-0.25, -0.2) is 4.98 Å². The third-order valence-electron chi connectivity index (χ3n) is 4.19. The average Bonchev–Trinajstić information content (AvgIpc) is 2.66. The van der Waals surface area contributed by atoms with E-state index in [4.69, 9.17) is 5.73 Å². The molecule has 1 fully saturated rings. The summed E-state index contributed by atoms with van der Waals surface area (Å²) in [6.45, 7) is 4.83. The molecule has 1 aliphatic carbocycles. The zero-order valence-corrected chi connectivity index (χ0v) is 15.5. The Labute approximate surface area is 140 Å². The van der Waals surface area contributed by atoms with Crippen LogP contribution in [0.25, 0.3) is 0 Å². The van der Waals surface area contributed by atoms with E-state index >= 15 is 0 Å². The fourth-order valence-corrected chi connectivity index (χ4v) is 4.38. The SMILES string of the molecule is Br.Br.CCCN1CCC[C@H]2Cc3nc(N)sc3C[C@@H]21. The van der Waals surface area contributed by atoms with Gasteiger partial charge in [-0.1, -0.05) is 6.92 Å². The van der Waals surface area contributed by atoms with Crippen LogP contribution >= 0.6 is 45.3 Å². The van der Waals surface area contributed by atoms with Gasteiger partial charge in [0.15, 0.2) is 5.13 Å². The van der Waals surface area contributed by atoms with Crippen molar-refractivity contribution in [3.05, 3.63) is 10.6 Å². The van der Waals surface area contributed by atoms with Crippen LogP contribution in [0.4, 0.5) is 5.13 Å². The number of likely N-dealkylation sites (tertiary alicyclic amines) is 1. The highest BCUT2D eigenvalue weighted by molar-refractivity contribution is 8.93. The van der Waals surface area contributed by atoms with E-state index < -0.39 is 0 Å². The van der Waals surface area contributed by atoms with E-state index in [0.29, 0.717) is 0 Å². The van der Waals surface area contributed by atoms with Crippen molar-refractivity contribution < 1.29 is 0 Å². The third kappa shape index (κ3) is 3.52. The summed E-state index contributed by atoms with van der Waals surface area (Å²) in [6, 6.07) is 0.760.